The van der Waals surface area contributed by atoms with Crippen LogP contribution in [0, 0.1) is 0 Å². The zero-order valence-corrected chi connectivity index (χ0v) is 9.40. The van der Waals surface area contributed by atoms with E-state index >= 15 is 0 Å². The van der Waals surface area contributed by atoms with Crippen molar-refractivity contribution >= 4 is 11.0 Å². The number of ether oxygens (including phenoxy) is 1. The van der Waals surface area contributed by atoms with Gasteiger partial charge < -0.3 is 9.15 Å². The van der Waals surface area contributed by atoms with Crippen molar-refractivity contribution in [1.82, 2.24) is 0 Å². The Morgan fingerprint density at radius 2 is 2.19 bits per heavy atom. The van der Waals surface area contributed by atoms with E-state index in [4.69, 9.17) is 9.15 Å². The maximum Gasteiger partial charge on any atom is 0.192 e. The van der Waals surface area contributed by atoms with Gasteiger partial charge in [0.2, 0.25) is 0 Å². The van der Waals surface area contributed by atoms with Crippen LogP contribution in [0.2, 0.25) is 0 Å². The lowest BCUT2D eigenvalue weighted by molar-refractivity contribution is 0.217. The Morgan fingerprint density at radius 3 is 2.94 bits per heavy atom. The third-order valence-electron chi connectivity index (χ3n) is 2.55. The molecule has 1 unspecified atom stereocenters. The van der Waals surface area contributed by atoms with E-state index in [9.17, 15) is 4.79 Å². The molecule has 3 nitrogen and oxygen atoms in total. The van der Waals surface area contributed by atoms with Crippen molar-refractivity contribution in [3.63, 3.8) is 0 Å². The van der Waals surface area contributed by atoms with Gasteiger partial charge in [0.25, 0.3) is 0 Å². The SMILES string of the molecule is CCC(C)Oc1ccc2c(=O)ccoc2c1. The van der Waals surface area contributed by atoms with Crippen molar-refractivity contribution < 1.29 is 9.15 Å². The molecule has 0 saturated carbocycles. The molecule has 0 radical (unpaired) electrons. The smallest absolute Gasteiger partial charge is 0.192 e. The fraction of sp³-hybridized carbons (Fsp3) is 0.308. The van der Waals surface area contributed by atoms with Gasteiger partial charge in [-0.3, -0.25) is 4.79 Å². The molecule has 3 heteroatoms. The molecule has 0 aliphatic rings. The molecule has 1 heterocycles. The summed E-state index contributed by atoms with van der Waals surface area (Å²) in [6.07, 6.45) is 2.50. The van der Waals surface area contributed by atoms with E-state index in [0.717, 1.165) is 12.2 Å². The van der Waals surface area contributed by atoms with Crippen LogP contribution in [0.3, 0.4) is 0 Å². The van der Waals surface area contributed by atoms with Gasteiger partial charge >= 0.3 is 0 Å². The Morgan fingerprint density at radius 1 is 1.38 bits per heavy atom. The Bertz CT molecular complexity index is 542. The third kappa shape index (κ3) is 2.08. The zero-order valence-electron chi connectivity index (χ0n) is 9.40. The van der Waals surface area contributed by atoms with Crippen LogP contribution in [-0.4, -0.2) is 6.10 Å². The topological polar surface area (TPSA) is 39.4 Å². The fourth-order valence-electron chi connectivity index (χ4n) is 1.45. The molecule has 84 valence electrons. The van der Waals surface area contributed by atoms with Gasteiger partial charge in [-0.1, -0.05) is 6.92 Å². The van der Waals surface area contributed by atoms with Crippen molar-refractivity contribution in [1.29, 1.82) is 0 Å². The molecule has 2 aromatic rings. The summed E-state index contributed by atoms with van der Waals surface area (Å²) in [5, 5.41) is 0.582. The Hall–Kier alpha value is -1.77. The van der Waals surface area contributed by atoms with Gasteiger partial charge in [0.1, 0.15) is 11.3 Å². The second-order valence-electron chi connectivity index (χ2n) is 3.78. The Balaban J connectivity index is 2.41. The molecule has 0 aliphatic heterocycles. The fourth-order valence-corrected chi connectivity index (χ4v) is 1.45. The summed E-state index contributed by atoms with van der Waals surface area (Å²) in [4.78, 5) is 11.5. The lowest BCUT2D eigenvalue weighted by atomic mass is 10.2. The van der Waals surface area contributed by atoms with Gasteiger partial charge in [-0.2, -0.15) is 0 Å². The van der Waals surface area contributed by atoms with Crippen molar-refractivity contribution in [2.45, 2.75) is 26.4 Å². The first-order chi connectivity index (χ1) is 7.70. The van der Waals surface area contributed by atoms with Gasteiger partial charge in [-0.25, -0.2) is 0 Å². The second-order valence-corrected chi connectivity index (χ2v) is 3.78. The summed E-state index contributed by atoms with van der Waals surface area (Å²) < 4.78 is 10.9. The molecule has 0 spiro atoms. The number of benzene rings is 1. The summed E-state index contributed by atoms with van der Waals surface area (Å²) >= 11 is 0. The van der Waals surface area contributed by atoms with Gasteiger partial charge in [-0.05, 0) is 25.5 Å². The molecule has 0 N–H and O–H groups in total. The van der Waals surface area contributed by atoms with Gasteiger partial charge in [0, 0.05) is 12.1 Å². The zero-order chi connectivity index (χ0) is 11.5. The van der Waals surface area contributed by atoms with Crippen molar-refractivity contribution in [2.75, 3.05) is 0 Å². The van der Waals surface area contributed by atoms with E-state index in [1.54, 1.807) is 18.2 Å². The average Bonchev–Trinajstić information content (AvgIpc) is 2.29. The van der Waals surface area contributed by atoms with Crippen LogP contribution in [0.5, 0.6) is 5.75 Å². The lowest BCUT2D eigenvalue weighted by Gasteiger charge is -2.12. The molecule has 0 amide bonds. The highest BCUT2D eigenvalue weighted by atomic mass is 16.5. The minimum atomic E-state index is -0.0312. The summed E-state index contributed by atoms with van der Waals surface area (Å²) in [6.45, 7) is 4.07. The molecule has 1 atom stereocenters. The monoisotopic (exact) mass is 218 g/mol. The highest BCUT2D eigenvalue weighted by Gasteiger charge is 2.04. The van der Waals surface area contributed by atoms with E-state index < -0.39 is 0 Å². The van der Waals surface area contributed by atoms with E-state index in [1.807, 2.05) is 6.92 Å². The number of fused-ring (bicyclic) bond motifs is 1. The number of rotatable bonds is 3. The Labute approximate surface area is 93.7 Å². The van der Waals surface area contributed by atoms with E-state index in [-0.39, 0.29) is 11.5 Å². The highest BCUT2D eigenvalue weighted by molar-refractivity contribution is 5.77. The molecule has 0 bridgehead atoms. The van der Waals surface area contributed by atoms with Crippen LogP contribution in [0.15, 0.2) is 39.7 Å². The minimum absolute atomic E-state index is 0.0312. The molecule has 1 aromatic heterocycles. The number of hydrogen-bond donors (Lipinski definition) is 0. The predicted molar refractivity (Wildman–Crippen MR) is 62.9 cm³/mol. The van der Waals surface area contributed by atoms with Crippen molar-refractivity contribution in [3.8, 4) is 5.75 Å². The lowest BCUT2D eigenvalue weighted by Crippen LogP contribution is -2.09. The molecule has 0 fully saturated rings. The minimum Gasteiger partial charge on any atom is -0.491 e. The predicted octanol–water partition coefficient (Wildman–Crippen LogP) is 2.97. The normalized spacial score (nSPS) is 12.6. The summed E-state index contributed by atoms with van der Waals surface area (Å²) in [6, 6.07) is 6.70. The van der Waals surface area contributed by atoms with Crippen molar-refractivity contribution in [3.05, 3.63) is 40.8 Å². The van der Waals surface area contributed by atoms with Gasteiger partial charge in [-0.15, -0.1) is 0 Å². The van der Waals surface area contributed by atoms with E-state index in [0.29, 0.717) is 11.0 Å². The molecular formula is C13H14O3. The first kappa shape index (κ1) is 10.7. The highest BCUT2D eigenvalue weighted by Crippen LogP contribution is 2.19. The molecule has 0 saturated heterocycles. The van der Waals surface area contributed by atoms with Gasteiger partial charge in [0.05, 0.1) is 17.8 Å². The maximum absolute atomic E-state index is 11.5. The molecule has 0 aliphatic carbocycles. The molecular weight excluding hydrogens is 204 g/mol. The van der Waals surface area contributed by atoms with Crippen LogP contribution in [0.4, 0.5) is 0 Å². The first-order valence-electron chi connectivity index (χ1n) is 5.39. The van der Waals surface area contributed by atoms with E-state index in [2.05, 4.69) is 6.92 Å². The largest absolute Gasteiger partial charge is 0.491 e. The van der Waals surface area contributed by atoms with Crippen LogP contribution in [0.1, 0.15) is 20.3 Å². The second kappa shape index (κ2) is 4.39. The van der Waals surface area contributed by atoms with Crippen LogP contribution < -0.4 is 10.2 Å². The molecule has 16 heavy (non-hydrogen) atoms. The van der Waals surface area contributed by atoms with Crippen LogP contribution in [0.25, 0.3) is 11.0 Å². The summed E-state index contributed by atoms with van der Waals surface area (Å²) in [7, 11) is 0. The first-order valence-corrected chi connectivity index (χ1v) is 5.39. The van der Waals surface area contributed by atoms with Crippen molar-refractivity contribution in [2.24, 2.45) is 0 Å². The third-order valence-corrected chi connectivity index (χ3v) is 2.55. The summed E-state index contributed by atoms with van der Waals surface area (Å²) in [5.74, 6) is 0.733. The number of hydrogen-bond acceptors (Lipinski definition) is 3. The van der Waals surface area contributed by atoms with E-state index in [1.165, 1.54) is 12.3 Å². The maximum atomic E-state index is 11.5. The molecule has 2 rings (SSSR count). The van der Waals surface area contributed by atoms with Gasteiger partial charge in [0.15, 0.2) is 5.43 Å². The summed E-state index contributed by atoms with van der Waals surface area (Å²) in [5.41, 5.74) is 0.532. The quantitative estimate of drug-likeness (QED) is 0.795. The van der Waals surface area contributed by atoms with Crippen LogP contribution >= 0.6 is 0 Å². The molecule has 1 aromatic carbocycles. The average molecular weight is 218 g/mol. The standard InChI is InChI=1S/C13H14O3/c1-3-9(2)16-10-4-5-11-12(14)6-7-15-13(11)8-10/h4-9H,3H2,1-2H3. The Kier molecular flexibility index (Phi) is 2.95. The van der Waals surface area contributed by atoms with Crippen LogP contribution in [-0.2, 0) is 0 Å².